The van der Waals surface area contributed by atoms with E-state index < -0.39 is 18.1 Å². The van der Waals surface area contributed by atoms with Gasteiger partial charge in [-0.15, -0.1) is 0 Å². The first-order valence-electron chi connectivity index (χ1n) is 6.85. The molecule has 0 aliphatic carbocycles. The van der Waals surface area contributed by atoms with Crippen molar-refractivity contribution in [3.8, 4) is 0 Å². The quantitative estimate of drug-likeness (QED) is 0.620. The predicted molar refractivity (Wildman–Crippen MR) is 79.8 cm³/mol. The molecule has 0 N–H and O–H groups in total. The monoisotopic (exact) mass is 348 g/mol. The molecule has 2 heterocycles. The van der Waals surface area contributed by atoms with Crippen molar-refractivity contribution in [1.82, 2.24) is 9.88 Å². The second-order valence-electron chi connectivity index (χ2n) is 4.94. The normalized spacial score (nSPS) is 19.1. The highest BCUT2D eigenvalue weighted by molar-refractivity contribution is 6.35. The fourth-order valence-electron chi connectivity index (χ4n) is 2.37. The number of aromatic nitrogens is 1. The molecule has 1 aliphatic heterocycles. The number of rotatable bonds is 4. The highest BCUT2D eigenvalue weighted by Crippen LogP contribution is 2.27. The van der Waals surface area contributed by atoms with Crippen LogP contribution in [0.3, 0.4) is 0 Å². The maximum atomic E-state index is 14.0. The molecule has 1 aromatic rings. The number of esters is 1. The largest absolute Gasteiger partial charge is 0.464 e. The first-order valence-corrected chi connectivity index (χ1v) is 7.60. The lowest BCUT2D eigenvalue weighted by molar-refractivity contribution is -0.151. The maximum Gasteiger partial charge on any atom is 0.341 e. The minimum Gasteiger partial charge on any atom is -0.464 e. The van der Waals surface area contributed by atoms with Gasteiger partial charge in [-0.05, 0) is 19.4 Å². The van der Waals surface area contributed by atoms with E-state index in [9.17, 15) is 14.0 Å². The van der Waals surface area contributed by atoms with Crippen LogP contribution < -0.4 is 0 Å². The van der Waals surface area contributed by atoms with Gasteiger partial charge in [-0.25, -0.2) is 14.2 Å². The number of likely N-dealkylation sites (tertiary alicyclic amines) is 1. The van der Waals surface area contributed by atoms with E-state index >= 15 is 0 Å². The second-order valence-corrected chi connectivity index (χ2v) is 5.74. The molecular weight excluding hydrogens is 334 g/mol. The van der Waals surface area contributed by atoms with Crippen LogP contribution in [-0.4, -0.2) is 47.6 Å². The first kappa shape index (κ1) is 17.0. The summed E-state index contributed by atoms with van der Waals surface area (Å²) in [7, 11) is 0. The van der Waals surface area contributed by atoms with Crippen molar-refractivity contribution in [3.05, 3.63) is 28.0 Å². The number of hydrogen-bond acceptors (Lipinski definition) is 4. The highest BCUT2D eigenvalue weighted by atomic mass is 35.5. The minimum absolute atomic E-state index is 0.125. The molecule has 0 bridgehead atoms. The fraction of sp³-hybridized carbons (Fsp3) is 0.500. The van der Waals surface area contributed by atoms with Gasteiger partial charge in [-0.3, -0.25) is 4.79 Å². The van der Waals surface area contributed by atoms with Gasteiger partial charge in [0.15, 0.2) is 0 Å². The summed E-state index contributed by atoms with van der Waals surface area (Å²) in [6.45, 7) is 2.22. The molecule has 1 aromatic heterocycles. The van der Waals surface area contributed by atoms with Crippen molar-refractivity contribution in [1.29, 1.82) is 0 Å². The number of amides is 1. The summed E-state index contributed by atoms with van der Waals surface area (Å²) >= 11 is 11.7. The van der Waals surface area contributed by atoms with Gasteiger partial charge < -0.3 is 9.64 Å². The Morgan fingerprint density at radius 3 is 2.95 bits per heavy atom. The lowest BCUT2D eigenvalue weighted by atomic mass is 10.0. The molecular formula is C14H15Cl2FN2O3. The van der Waals surface area contributed by atoms with Crippen LogP contribution in [0, 0.1) is 5.92 Å². The number of ether oxygens (including phenoxy) is 1. The Hall–Kier alpha value is -1.40. The van der Waals surface area contributed by atoms with E-state index in [0.717, 1.165) is 0 Å². The molecule has 0 saturated carbocycles. The summed E-state index contributed by atoms with van der Waals surface area (Å²) in [4.78, 5) is 29.1. The molecule has 2 unspecified atom stereocenters. The summed E-state index contributed by atoms with van der Waals surface area (Å²) in [5, 5.41) is 0.332. The van der Waals surface area contributed by atoms with Gasteiger partial charge in [0.2, 0.25) is 6.17 Å². The van der Waals surface area contributed by atoms with E-state index in [1.54, 1.807) is 6.92 Å². The van der Waals surface area contributed by atoms with Crippen molar-refractivity contribution < 1.29 is 18.7 Å². The summed E-state index contributed by atoms with van der Waals surface area (Å²) in [5.74, 6) is -1.81. The number of carbonyl (C=O) groups excluding carboxylic acids is 2. The van der Waals surface area contributed by atoms with Gasteiger partial charge in [-0.2, -0.15) is 0 Å². The van der Waals surface area contributed by atoms with Crippen molar-refractivity contribution >= 4 is 35.1 Å². The van der Waals surface area contributed by atoms with E-state index in [0.29, 0.717) is 13.0 Å². The number of halogens is 3. The molecule has 0 aromatic carbocycles. The van der Waals surface area contributed by atoms with E-state index in [4.69, 9.17) is 23.2 Å². The van der Waals surface area contributed by atoms with Gasteiger partial charge in [0.25, 0.3) is 5.91 Å². The van der Waals surface area contributed by atoms with Crippen LogP contribution in [0.4, 0.5) is 4.39 Å². The molecule has 1 amide bonds. The third-order valence-electron chi connectivity index (χ3n) is 3.49. The topological polar surface area (TPSA) is 59.5 Å². The summed E-state index contributed by atoms with van der Waals surface area (Å²) in [6.07, 6.45) is -0.0436. The Kier molecular flexibility index (Phi) is 5.58. The molecule has 2 atom stereocenters. The van der Waals surface area contributed by atoms with Gasteiger partial charge in [0.1, 0.15) is 5.15 Å². The zero-order chi connectivity index (χ0) is 16.3. The fourth-order valence-corrected chi connectivity index (χ4v) is 2.71. The van der Waals surface area contributed by atoms with Crippen LogP contribution in [0.2, 0.25) is 10.2 Å². The van der Waals surface area contributed by atoms with Crippen molar-refractivity contribution in [2.24, 2.45) is 5.92 Å². The Morgan fingerprint density at radius 2 is 2.27 bits per heavy atom. The van der Waals surface area contributed by atoms with Crippen molar-refractivity contribution in [3.63, 3.8) is 0 Å². The summed E-state index contributed by atoms with van der Waals surface area (Å²) in [6, 6.07) is 1.37. The Bertz CT molecular complexity index is 585. The molecule has 0 radical (unpaired) electrons. The van der Waals surface area contributed by atoms with Crippen molar-refractivity contribution in [2.75, 3.05) is 19.7 Å². The average Bonchev–Trinajstić information content (AvgIpc) is 2.98. The smallest absolute Gasteiger partial charge is 0.341 e. The number of carbonyl (C=O) groups is 2. The van der Waals surface area contributed by atoms with Gasteiger partial charge in [0, 0.05) is 25.2 Å². The molecule has 0 spiro atoms. The van der Waals surface area contributed by atoms with E-state index in [1.165, 1.54) is 17.2 Å². The third kappa shape index (κ3) is 3.67. The van der Waals surface area contributed by atoms with Gasteiger partial charge >= 0.3 is 5.97 Å². The Balaban J connectivity index is 2.05. The second kappa shape index (κ2) is 7.24. The van der Waals surface area contributed by atoms with E-state index in [-0.39, 0.29) is 34.8 Å². The zero-order valence-electron chi connectivity index (χ0n) is 11.9. The lowest BCUT2D eigenvalue weighted by Gasteiger charge is -2.18. The van der Waals surface area contributed by atoms with Crippen LogP contribution in [0.1, 0.15) is 23.7 Å². The number of hydrogen-bond donors (Lipinski definition) is 0. The molecule has 1 saturated heterocycles. The predicted octanol–water partition coefficient (Wildman–Crippen LogP) is 2.75. The zero-order valence-corrected chi connectivity index (χ0v) is 13.4. The van der Waals surface area contributed by atoms with Crippen LogP contribution >= 0.6 is 23.2 Å². The van der Waals surface area contributed by atoms with Crippen LogP contribution in [-0.2, 0) is 9.53 Å². The molecule has 22 heavy (non-hydrogen) atoms. The summed E-state index contributed by atoms with van der Waals surface area (Å²) < 4.78 is 18.7. The third-order valence-corrected chi connectivity index (χ3v) is 4.00. The van der Waals surface area contributed by atoms with Crippen molar-refractivity contribution in [2.45, 2.75) is 19.5 Å². The Labute approximate surface area is 137 Å². The molecule has 2 rings (SSSR count). The maximum absolute atomic E-state index is 14.0. The SMILES string of the molecule is CCOC(=O)C(F)C1CCN(C(=O)c2cc(Cl)ncc2Cl)C1. The van der Waals surface area contributed by atoms with Crippen LogP contribution in [0.5, 0.6) is 0 Å². The molecule has 1 aliphatic rings. The van der Waals surface area contributed by atoms with Crippen LogP contribution in [0.15, 0.2) is 12.3 Å². The lowest BCUT2D eigenvalue weighted by Crippen LogP contribution is -2.33. The van der Waals surface area contributed by atoms with Gasteiger partial charge in [0.05, 0.1) is 17.2 Å². The minimum atomic E-state index is -1.73. The van der Waals surface area contributed by atoms with E-state index in [2.05, 4.69) is 9.72 Å². The number of alkyl halides is 1. The molecule has 1 fully saturated rings. The average molecular weight is 349 g/mol. The number of nitrogens with zero attached hydrogens (tertiary/aromatic N) is 2. The van der Waals surface area contributed by atoms with E-state index in [1.807, 2.05) is 0 Å². The highest BCUT2D eigenvalue weighted by Gasteiger charge is 2.37. The summed E-state index contributed by atoms with van der Waals surface area (Å²) in [5.41, 5.74) is 0.217. The standard InChI is InChI=1S/C14H15Cl2FN2O3/c1-2-22-14(21)12(17)8-3-4-19(7-8)13(20)9-5-11(16)18-6-10(9)15/h5-6,8,12H,2-4,7H2,1H3. The van der Waals surface area contributed by atoms with Crippen LogP contribution in [0.25, 0.3) is 0 Å². The molecule has 8 heteroatoms. The first-order chi connectivity index (χ1) is 10.4. The molecule has 5 nitrogen and oxygen atoms in total. The number of pyridine rings is 1. The molecule has 120 valence electrons. The van der Waals surface area contributed by atoms with Gasteiger partial charge in [-0.1, -0.05) is 23.2 Å². The Morgan fingerprint density at radius 1 is 1.55 bits per heavy atom.